The Balaban J connectivity index is 2.01. The molecule has 0 saturated carbocycles. The van der Waals surface area contributed by atoms with Crippen molar-refractivity contribution in [1.82, 2.24) is 0 Å². The molecule has 0 aliphatic heterocycles. The average Bonchev–Trinajstić information content (AvgIpc) is 2.68. The standard InChI is InChI=1S/C26H30N2O3S/c1-17-7-9-24(10-8-17)32(30,31)28(23-14-18(2)11-19(3)15-23)16-25(29)27-26-21(5)12-20(4)13-22(26)6/h7-15H,16H2,1-6H3,(H,27,29). The Morgan fingerprint density at radius 3 is 1.78 bits per heavy atom. The van der Waals surface area contributed by atoms with E-state index in [4.69, 9.17) is 0 Å². The molecule has 0 spiro atoms. The maximum Gasteiger partial charge on any atom is 0.264 e. The molecule has 6 heteroatoms. The molecule has 0 bridgehead atoms. The van der Waals surface area contributed by atoms with E-state index in [0.717, 1.165) is 33.4 Å². The number of aryl methyl sites for hydroxylation is 6. The molecule has 3 aromatic carbocycles. The summed E-state index contributed by atoms with van der Waals surface area (Å²) >= 11 is 0. The third kappa shape index (κ3) is 5.19. The number of benzene rings is 3. The number of hydrogen-bond donors (Lipinski definition) is 1. The summed E-state index contributed by atoms with van der Waals surface area (Å²) in [5, 5.41) is 2.92. The van der Waals surface area contributed by atoms with Gasteiger partial charge in [-0.3, -0.25) is 9.10 Å². The second-order valence-electron chi connectivity index (χ2n) is 8.49. The Morgan fingerprint density at radius 1 is 0.750 bits per heavy atom. The lowest BCUT2D eigenvalue weighted by Gasteiger charge is -2.25. The van der Waals surface area contributed by atoms with Gasteiger partial charge >= 0.3 is 0 Å². The van der Waals surface area contributed by atoms with Crippen molar-refractivity contribution in [1.29, 1.82) is 0 Å². The zero-order chi connectivity index (χ0) is 23.6. The molecule has 0 aliphatic rings. The molecular formula is C26H30N2O3S. The third-order valence-corrected chi connectivity index (χ3v) is 7.12. The van der Waals surface area contributed by atoms with Crippen LogP contribution in [0, 0.1) is 41.5 Å². The van der Waals surface area contributed by atoms with E-state index in [1.807, 2.05) is 59.7 Å². The van der Waals surface area contributed by atoms with Crippen LogP contribution < -0.4 is 9.62 Å². The van der Waals surface area contributed by atoms with Gasteiger partial charge in [0.05, 0.1) is 10.6 Å². The van der Waals surface area contributed by atoms with Gasteiger partial charge in [0.15, 0.2) is 0 Å². The van der Waals surface area contributed by atoms with Crippen molar-refractivity contribution in [2.24, 2.45) is 0 Å². The highest BCUT2D eigenvalue weighted by atomic mass is 32.2. The van der Waals surface area contributed by atoms with E-state index in [2.05, 4.69) is 5.32 Å². The van der Waals surface area contributed by atoms with Gasteiger partial charge in [-0.25, -0.2) is 8.42 Å². The predicted octanol–water partition coefficient (Wildman–Crippen LogP) is 5.37. The summed E-state index contributed by atoms with van der Waals surface area (Å²) in [6.45, 7) is 11.3. The first-order valence-electron chi connectivity index (χ1n) is 10.5. The highest BCUT2D eigenvalue weighted by Crippen LogP contribution is 2.27. The smallest absolute Gasteiger partial charge is 0.264 e. The van der Waals surface area contributed by atoms with Gasteiger partial charge in [0.25, 0.3) is 10.0 Å². The first-order chi connectivity index (χ1) is 15.0. The summed E-state index contributed by atoms with van der Waals surface area (Å²) in [5.41, 5.74) is 6.99. The van der Waals surface area contributed by atoms with Crippen molar-refractivity contribution < 1.29 is 13.2 Å². The molecule has 32 heavy (non-hydrogen) atoms. The Hall–Kier alpha value is -3.12. The van der Waals surface area contributed by atoms with Gasteiger partial charge in [-0.1, -0.05) is 41.5 Å². The van der Waals surface area contributed by atoms with Gasteiger partial charge < -0.3 is 5.32 Å². The SMILES string of the molecule is Cc1ccc(S(=O)(=O)N(CC(=O)Nc2c(C)cc(C)cc2C)c2cc(C)cc(C)c2)cc1. The predicted molar refractivity (Wildman–Crippen MR) is 131 cm³/mol. The third-order valence-electron chi connectivity index (χ3n) is 5.33. The number of sulfonamides is 1. The van der Waals surface area contributed by atoms with Crippen LogP contribution in [0.1, 0.15) is 33.4 Å². The zero-order valence-electron chi connectivity index (χ0n) is 19.5. The van der Waals surface area contributed by atoms with Gasteiger partial charge in [-0.05, 0) is 88.1 Å². The van der Waals surface area contributed by atoms with E-state index in [-0.39, 0.29) is 11.4 Å². The number of hydrogen-bond acceptors (Lipinski definition) is 3. The Labute approximate surface area is 191 Å². The van der Waals surface area contributed by atoms with Gasteiger partial charge in [0, 0.05) is 5.69 Å². The lowest BCUT2D eigenvalue weighted by molar-refractivity contribution is -0.114. The van der Waals surface area contributed by atoms with Crippen molar-refractivity contribution in [3.05, 3.63) is 88.0 Å². The summed E-state index contributed by atoms with van der Waals surface area (Å²) in [6.07, 6.45) is 0. The van der Waals surface area contributed by atoms with Crippen LogP contribution in [0.15, 0.2) is 59.5 Å². The maximum atomic E-state index is 13.6. The summed E-state index contributed by atoms with van der Waals surface area (Å²) < 4.78 is 28.3. The minimum atomic E-state index is -3.95. The van der Waals surface area contributed by atoms with Crippen LogP contribution in [-0.4, -0.2) is 20.9 Å². The maximum absolute atomic E-state index is 13.6. The first kappa shape index (κ1) is 23.5. The molecule has 1 amide bonds. The molecule has 1 N–H and O–H groups in total. The normalized spacial score (nSPS) is 11.3. The molecular weight excluding hydrogens is 420 g/mol. The van der Waals surface area contributed by atoms with E-state index in [0.29, 0.717) is 11.4 Å². The topological polar surface area (TPSA) is 66.5 Å². The Bertz CT molecular complexity index is 1220. The number of rotatable bonds is 6. The molecule has 0 aromatic heterocycles. The largest absolute Gasteiger partial charge is 0.324 e. The van der Waals surface area contributed by atoms with Gasteiger partial charge in [-0.2, -0.15) is 0 Å². The van der Waals surface area contributed by atoms with E-state index >= 15 is 0 Å². The minimum absolute atomic E-state index is 0.151. The van der Waals surface area contributed by atoms with Crippen molar-refractivity contribution in [2.75, 3.05) is 16.2 Å². The molecule has 0 aliphatic carbocycles. The first-order valence-corrected chi connectivity index (χ1v) is 12.0. The summed E-state index contributed by atoms with van der Waals surface area (Å²) in [4.78, 5) is 13.2. The molecule has 3 rings (SSSR count). The van der Waals surface area contributed by atoms with Crippen molar-refractivity contribution in [2.45, 2.75) is 46.4 Å². The fourth-order valence-electron chi connectivity index (χ4n) is 3.93. The van der Waals surface area contributed by atoms with Crippen LogP contribution >= 0.6 is 0 Å². The van der Waals surface area contributed by atoms with Crippen LogP contribution in [0.2, 0.25) is 0 Å². The molecule has 0 saturated heterocycles. The van der Waals surface area contributed by atoms with Gasteiger partial charge in [-0.15, -0.1) is 0 Å². The quantitative estimate of drug-likeness (QED) is 0.549. The molecule has 5 nitrogen and oxygen atoms in total. The lowest BCUT2D eigenvalue weighted by atomic mass is 10.1. The Kier molecular flexibility index (Phi) is 6.74. The van der Waals surface area contributed by atoms with Crippen LogP contribution in [0.3, 0.4) is 0 Å². The van der Waals surface area contributed by atoms with E-state index in [1.54, 1.807) is 36.4 Å². The fraction of sp³-hybridized carbons (Fsp3) is 0.269. The molecule has 0 radical (unpaired) electrons. The number of carbonyl (C=O) groups excluding carboxylic acids is 1. The second-order valence-corrected chi connectivity index (χ2v) is 10.4. The summed E-state index contributed by atoms with van der Waals surface area (Å²) in [6, 6.07) is 16.2. The van der Waals surface area contributed by atoms with E-state index in [9.17, 15) is 13.2 Å². The minimum Gasteiger partial charge on any atom is -0.324 e. The number of nitrogens with one attached hydrogen (secondary N) is 1. The number of nitrogens with zero attached hydrogens (tertiary/aromatic N) is 1. The van der Waals surface area contributed by atoms with Crippen LogP contribution in [0.25, 0.3) is 0 Å². The number of carbonyl (C=O) groups is 1. The van der Waals surface area contributed by atoms with E-state index in [1.165, 1.54) is 4.31 Å². The molecule has 0 unspecified atom stereocenters. The second kappa shape index (κ2) is 9.17. The van der Waals surface area contributed by atoms with Crippen LogP contribution in [0.5, 0.6) is 0 Å². The molecule has 0 heterocycles. The van der Waals surface area contributed by atoms with Crippen molar-refractivity contribution in [3.8, 4) is 0 Å². The van der Waals surface area contributed by atoms with Crippen LogP contribution in [-0.2, 0) is 14.8 Å². The van der Waals surface area contributed by atoms with Gasteiger partial charge in [0.1, 0.15) is 6.54 Å². The summed E-state index contributed by atoms with van der Waals surface area (Å²) in [5.74, 6) is -0.394. The summed E-state index contributed by atoms with van der Waals surface area (Å²) in [7, 11) is -3.95. The molecule has 168 valence electrons. The highest BCUT2D eigenvalue weighted by molar-refractivity contribution is 7.92. The fourth-order valence-corrected chi connectivity index (χ4v) is 5.34. The highest BCUT2D eigenvalue weighted by Gasteiger charge is 2.28. The number of anilines is 2. The van der Waals surface area contributed by atoms with Crippen molar-refractivity contribution in [3.63, 3.8) is 0 Å². The molecule has 0 fully saturated rings. The van der Waals surface area contributed by atoms with E-state index < -0.39 is 15.9 Å². The zero-order valence-corrected chi connectivity index (χ0v) is 20.3. The van der Waals surface area contributed by atoms with Crippen molar-refractivity contribution >= 4 is 27.3 Å². The average molecular weight is 451 g/mol. The number of amides is 1. The monoisotopic (exact) mass is 450 g/mol. The van der Waals surface area contributed by atoms with Crippen LogP contribution in [0.4, 0.5) is 11.4 Å². The Morgan fingerprint density at radius 2 is 1.25 bits per heavy atom. The lowest BCUT2D eigenvalue weighted by Crippen LogP contribution is -2.38. The molecule has 0 atom stereocenters. The molecule has 3 aromatic rings. The van der Waals surface area contributed by atoms with Gasteiger partial charge in [0.2, 0.25) is 5.91 Å².